The molecule has 50 heavy (non-hydrogen) atoms. The summed E-state index contributed by atoms with van der Waals surface area (Å²) in [5, 5.41) is 0.0764. The Morgan fingerprint density at radius 1 is 0.940 bits per heavy atom. The van der Waals surface area contributed by atoms with Crippen LogP contribution < -0.4 is 11.2 Å². The zero-order chi connectivity index (χ0) is 35.2. The molecule has 7 rings (SSSR count). The van der Waals surface area contributed by atoms with E-state index in [2.05, 4.69) is 52.9 Å². The standard InChI is InChI=1S/C40H49FN6O3/c1-27(2)45-20-18-44(19-21-45)26-29-8-12-30(13-9-29)31-6-5-7-34(23-31)46-37-35(24-32(41)25-42-37)38(49)47(39(46)50)33-14-10-28(11-15-33)22-36(48)40(16-17-40)43(3)4/h5-9,12-13,23-25,27-28,33H,10-11,14-22,26H2,1-4H3. The Hall–Kier alpha value is -3.99. The first-order valence-corrected chi connectivity index (χ1v) is 18.2. The van der Waals surface area contributed by atoms with Crippen molar-refractivity contribution in [3.05, 3.63) is 93.0 Å². The van der Waals surface area contributed by atoms with Crippen LogP contribution in [0, 0.1) is 11.7 Å². The van der Waals surface area contributed by atoms with Crippen molar-refractivity contribution in [2.75, 3.05) is 40.3 Å². The van der Waals surface area contributed by atoms with E-state index in [0.717, 1.165) is 75.7 Å². The van der Waals surface area contributed by atoms with Gasteiger partial charge in [-0.05, 0) is 107 Å². The molecule has 2 aromatic heterocycles. The van der Waals surface area contributed by atoms with Crippen molar-refractivity contribution in [2.45, 2.75) is 83.0 Å². The number of aromatic nitrogens is 3. The van der Waals surface area contributed by atoms with E-state index < -0.39 is 17.1 Å². The average molecular weight is 681 g/mol. The summed E-state index contributed by atoms with van der Waals surface area (Å²) in [4.78, 5) is 52.6. The second-order valence-electron chi connectivity index (χ2n) is 15.2. The van der Waals surface area contributed by atoms with Gasteiger partial charge in [0, 0.05) is 51.2 Å². The lowest BCUT2D eigenvalue weighted by molar-refractivity contribution is -0.126. The van der Waals surface area contributed by atoms with Crippen LogP contribution in [0.15, 0.2) is 70.4 Å². The predicted octanol–water partition coefficient (Wildman–Crippen LogP) is 5.66. The van der Waals surface area contributed by atoms with E-state index in [1.807, 2.05) is 43.3 Å². The molecular formula is C40H49FN6O3. The molecule has 3 aliphatic rings. The minimum atomic E-state index is -0.626. The lowest BCUT2D eigenvalue weighted by Gasteiger charge is -2.36. The summed E-state index contributed by atoms with van der Waals surface area (Å²) < 4.78 is 17.3. The van der Waals surface area contributed by atoms with Gasteiger partial charge in [0.1, 0.15) is 5.82 Å². The highest BCUT2D eigenvalue weighted by Crippen LogP contribution is 2.44. The van der Waals surface area contributed by atoms with Gasteiger partial charge in [-0.15, -0.1) is 0 Å². The van der Waals surface area contributed by atoms with Gasteiger partial charge in [0.2, 0.25) is 0 Å². The Morgan fingerprint density at radius 3 is 2.28 bits per heavy atom. The smallest absolute Gasteiger partial charge is 0.298 e. The maximum absolute atomic E-state index is 14.5. The Balaban J connectivity index is 1.14. The minimum Gasteiger partial charge on any atom is -0.298 e. The number of carbonyl (C=O) groups is 1. The number of carbonyl (C=O) groups excluding carboxylic acids is 1. The number of hydrogen-bond donors (Lipinski definition) is 0. The lowest BCUT2D eigenvalue weighted by Crippen LogP contribution is -2.48. The molecule has 2 aromatic carbocycles. The highest BCUT2D eigenvalue weighted by atomic mass is 19.1. The molecule has 0 radical (unpaired) electrons. The van der Waals surface area contributed by atoms with Gasteiger partial charge >= 0.3 is 5.69 Å². The van der Waals surface area contributed by atoms with E-state index in [0.29, 0.717) is 36.8 Å². The first-order valence-electron chi connectivity index (χ1n) is 18.2. The summed E-state index contributed by atoms with van der Waals surface area (Å²) in [6, 6.07) is 17.6. The normalized spacial score (nSPS) is 21.3. The van der Waals surface area contributed by atoms with E-state index in [9.17, 15) is 18.8 Å². The highest BCUT2D eigenvalue weighted by Gasteiger charge is 2.51. The van der Waals surface area contributed by atoms with Crippen LogP contribution in [0.1, 0.15) is 70.4 Å². The maximum atomic E-state index is 14.5. The third-order valence-corrected chi connectivity index (χ3v) is 11.6. The topological polar surface area (TPSA) is 83.7 Å². The minimum absolute atomic E-state index is 0.0764. The Morgan fingerprint density at radius 2 is 1.64 bits per heavy atom. The molecule has 1 saturated heterocycles. The molecule has 0 N–H and O–H groups in total. The third kappa shape index (κ3) is 6.73. The summed E-state index contributed by atoms with van der Waals surface area (Å²) in [5.74, 6) is -0.0988. The Kier molecular flexibility index (Phi) is 9.62. The van der Waals surface area contributed by atoms with Crippen molar-refractivity contribution in [3.8, 4) is 16.8 Å². The molecule has 0 spiro atoms. The molecule has 3 fully saturated rings. The predicted molar refractivity (Wildman–Crippen MR) is 195 cm³/mol. The van der Waals surface area contributed by atoms with Crippen LogP contribution in [0.2, 0.25) is 0 Å². The van der Waals surface area contributed by atoms with Gasteiger partial charge < -0.3 is 0 Å². The summed E-state index contributed by atoms with van der Waals surface area (Å²) in [6.45, 7) is 9.71. The second-order valence-corrected chi connectivity index (χ2v) is 15.2. The SMILES string of the molecule is CC(C)N1CCN(Cc2ccc(-c3cccc(-n4c(=O)n(C5CCC(CC(=O)C6(N(C)C)CC6)CC5)c(=O)c5cc(F)cnc54)c3)cc2)CC1. The van der Waals surface area contributed by atoms with Crippen molar-refractivity contribution in [2.24, 2.45) is 5.92 Å². The molecule has 0 atom stereocenters. The van der Waals surface area contributed by atoms with Crippen LogP contribution in [0.5, 0.6) is 0 Å². The third-order valence-electron chi connectivity index (χ3n) is 11.6. The molecule has 264 valence electrons. The van der Waals surface area contributed by atoms with Gasteiger partial charge in [0.15, 0.2) is 11.4 Å². The zero-order valence-corrected chi connectivity index (χ0v) is 29.8. The molecule has 0 amide bonds. The fourth-order valence-electron chi connectivity index (χ4n) is 8.21. The molecular weight excluding hydrogens is 631 g/mol. The number of nitrogens with zero attached hydrogens (tertiary/aromatic N) is 6. The van der Waals surface area contributed by atoms with Gasteiger partial charge in [-0.3, -0.25) is 28.9 Å². The van der Waals surface area contributed by atoms with E-state index in [-0.39, 0.29) is 28.5 Å². The zero-order valence-electron chi connectivity index (χ0n) is 29.8. The number of pyridine rings is 1. The molecule has 10 heteroatoms. The van der Waals surface area contributed by atoms with E-state index >= 15 is 0 Å². The van der Waals surface area contributed by atoms with Gasteiger partial charge in [-0.1, -0.05) is 36.4 Å². The number of likely N-dealkylation sites (N-methyl/N-ethyl adjacent to an activating group) is 1. The fourth-order valence-corrected chi connectivity index (χ4v) is 8.21. The largest absolute Gasteiger partial charge is 0.337 e. The fraction of sp³-hybridized carbons (Fsp3) is 0.500. The summed E-state index contributed by atoms with van der Waals surface area (Å²) in [6.07, 6.45) is 6.12. The Labute approximate surface area is 293 Å². The first-order chi connectivity index (χ1) is 24.0. The van der Waals surface area contributed by atoms with Crippen molar-refractivity contribution < 1.29 is 9.18 Å². The highest BCUT2D eigenvalue weighted by molar-refractivity contribution is 5.91. The summed E-state index contributed by atoms with van der Waals surface area (Å²) in [5.41, 5.74) is 2.60. The molecule has 3 heterocycles. The van der Waals surface area contributed by atoms with Gasteiger partial charge in [0.05, 0.1) is 22.8 Å². The van der Waals surface area contributed by atoms with Crippen LogP contribution in [0.4, 0.5) is 4.39 Å². The number of halogens is 1. The molecule has 1 aliphatic heterocycles. The van der Waals surface area contributed by atoms with E-state index in [1.165, 1.54) is 20.8 Å². The number of fused-ring (bicyclic) bond motifs is 1. The number of piperazine rings is 1. The van der Waals surface area contributed by atoms with Gasteiger partial charge in [-0.2, -0.15) is 0 Å². The van der Waals surface area contributed by atoms with Crippen molar-refractivity contribution in [1.29, 1.82) is 0 Å². The van der Waals surface area contributed by atoms with Crippen LogP contribution in [0.3, 0.4) is 0 Å². The lowest BCUT2D eigenvalue weighted by atomic mass is 9.81. The van der Waals surface area contributed by atoms with Crippen LogP contribution >= 0.6 is 0 Å². The van der Waals surface area contributed by atoms with Crippen LogP contribution in [0.25, 0.3) is 27.8 Å². The second kappa shape index (κ2) is 14.0. The Bertz CT molecular complexity index is 1980. The number of hydrogen-bond acceptors (Lipinski definition) is 7. The molecule has 9 nitrogen and oxygen atoms in total. The van der Waals surface area contributed by atoms with E-state index in [1.54, 1.807) is 0 Å². The van der Waals surface area contributed by atoms with Crippen molar-refractivity contribution in [1.82, 2.24) is 28.8 Å². The van der Waals surface area contributed by atoms with Gasteiger partial charge in [0.25, 0.3) is 5.56 Å². The summed E-state index contributed by atoms with van der Waals surface area (Å²) >= 11 is 0. The molecule has 2 aliphatic carbocycles. The maximum Gasteiger partial charge on any atom is 0.337 e. The van der Waals surface area contributed by atoms with Crippen LogP contribution in [-0.4, -0.2) is 86.5 Å². The molecule has 2 saturated carbocycles. The quantitative estimate of drug-likeness (QED) is 0.214. The number of benzene rings is 2. The molecule has 0 unspecified atom stereocenters. The number of rotatable bonds is 10. The average Bonchev–Trinajstić information content (AvgIpc) is 3.93. The van der Waals surface area contributed by atoms with E-state index in [4.69, 9.17) is 0 Å². The summed E-state index contributed by atoms with van der Waals surface area (Å²) in [7, 11) is 3.94. The number of ketones is 1. The van der Waals surface area contributed by atoms with Crippen LogP contribution in [-0.2, 0) is 11.3 Å². The van der Waals surface area contributed by atoms with Crippen molar-refractivity contribution >= 4 is 16.8 Å². The molecule has 4 aromatic rings. The van der Waals surface area contributed by atoms with Crippen molar-refractivity contribution in [3.63, 3.8) is 0 Å². The number of Topliss-reactive ketones (excluding diaryl/α,β-unsaturated/α-hetero) is 1. The monoisotopic (exact) mass is 680 g/mol. The van der Waals surface area contributed by atoms with Gasteiger partial charge in [-0.25, -0.2) is 18.7 Å². The molecule has 0 bridgehead atoms. The first kappa shape index (κ1) is 34.5.